The van der Waals surface area contributed by atoms with E-state index in [-0.39, 0.29) is 11.3 Å². The molecular formula is C18H22N4O3S. The second kappa shape index (κ2) is 7.92. The maximum Gasteiger partial charge on any atom is 0.270 e. The maximum atomic E-state index is 12.3. The summed E-state index contributed by atoms with van der Waals surface area (Å²) >= 11 is 1.37. The number of nitrogens with one attached hydrogen (secondary N) is 1. The number of thiazole rings is 1. The summed E-state index contributed by atoms with van der Waals surface area (Å²) in [5, 5.41) is 16.0. The first kappa shape index (κ1) is 18.5. The van der Waals surface area contributed by atoms with E-state index in [0.29, 0.717) is 17.0 Å². The molecule has 0 aliphatic carbocycles. The zero-order valence-corrected chi connectivity index (χ0v) is 15.7. The maximum absolute atomic E-state index is 12.3. The van der Waals surface area contributed by atoms with Crippen molar-refractivity contribution in [2.45, 2.75) is 26.8 Å². The number of likely N-dealkylation sites (tertiary alicyclic amines) is 1. The van der Waals surface area contributed by atoms with Gasteiger partial charge in [0.15, 0.2) is 5.13 Å². The molecule has 2 atom stereocenters. The molecule has 2 heterocycles. The van der Waals surface area contributed by atoms with Crippen LogP contribution >= 0.6 is 11.3 Å². The Morgan fingerprint density at radius 2 is 2.12 bits per heavy atom. The first-order valence-electron chi connectivity index (χ1n) is 8.63. The van der Waals surface area contributed by atoms with Gasteiger partial charge in [-0.2, -0.15) is 0 Å². The van der Waals surface area contributed by atoms with Crippen molar-refractivity contribution in [3.05, 3.63) is 51.0 Å². The highest BCUT2D eigenvalue weighted by molar-refractivity contribution is 7.13. The van der Waals surface area contributed by atoms with Crippen molar-refractivity contribution in [2.24, 2.45) is 11.8 Å². The number of carbonyl (C=O) groups is 1. The average Bonchev–Trinajstić information content (AvgIpc) is 3.00. The number of carbonyl (C=O) groups excluding carboxylic acids is 1. The van der Waals surface area contributed by atoms with E-state index >= 15 is 0 Å². The van der Waals surface area contributed by atoms with Crippen LogP contribution in [0.2, 0.25) is 0 Å². The molecule has 0 spiro atoms. The zero-order valence-electron chi connectivity index (χ0n) is 14.8. The van der Waals surface area contributed by atoms with Gasteiger partial charge in [-0.3, -0.25) is 25.1 Å². The summed E-state index contributed by atoms with van der Waals surface area (Å²) in [7, 11) is 0. The molecule has 1 amide bonds. The van der Waals surface area contributed by atoms with Crippen molar-refractivity contribution in [3.63, 3.8) is 0 Å². The van der Waals surface area contributed by atoms with Crippen molar-refractivity contribution in [3.8, 4) is 0 Å². The quantitative estimate of drug-likeness (QED) is 0.635. The number of nitro benzene ring substituents is 1. The fourth-order valence-corrected chi connectivity index (χ4v) is 4.21. The van der Waals surface area contributed by atoms with Gasteiger partial charge in [0.25, 0.3) is 11.6 Å². The number of rotatable bonds is 5. The Kier molecular flexibility index (Phi) is 5.63. The molecule has 8 heteroatoms. The first-order valence-corrected chi connectivity index (χ1v) is 9.51. The van der Waals surface area contributed by atoms with Crippen molar-refractivity contribution in [1.29, 1.82) is 0 Å². The minimum atomic E-state index is -0.515. The van der Waals surface area contributed by atoms with Gasteiger partial charge in [-0.05, 0) is 24.3 Å². The molecule has 1 aliphatic heterocycles. The lowest BCUT2D eigenvalue weighted by Gasteiger charge is -2.34. The number of anilines is 1. The van der Waals surface area contributed by atoms with E-state index in [2.05, 4.69) is 29.0 Å². The van der Waals surface area contributed by atoms with E-state index in [1.807, 2.05) is 5.38 Å². The molecule has 0 radical (unpaired) electrons. The first-order chi connectivity index (χ1) is 12.4. The molecule has 1 N–H and O–H groups in total. The molecule has 1 saturated heterocycles. The van der Waals surface area contributed by atoms with Crippen molar-refractivity contribution in [2.75, 3.05) is 18.4 Å². The lowest BCUT2D eigenvalue weighted by atomic mass is 9.92. The van der Waals surface area contributed by atoms with Gasteiger partial charge in [0.05, 0.1) is 10.6 Å². The minimum Gasteiger partial charge on any atom is -0.298 e. The number of nitrogens with zero attached hydrogens (tertiary/aromatic N) is 3. The molecule has 1 fully saturated rings. The Morgan fingerprint density at radius 3 is 2.81 bits per heavy atom. The Hall–Kier alpha value is -2.32. The van der Waals surface area contributed by atoms with Crippen LogP contribution in [0.5, 0.6) is 0 Å². The number of hydrogen-bond donors (Lipinski definition) is 1. The standard InChI is InChI=1S/C18H22N4O3S/c1-12-6-13(2)9-21(8-12)10-15-11-26-18(19-15)20-17(23)14-4-3-5-16(7-14)22(24)25/h3-5,7,11-13H,6,8-10H2,1-2H3,(H,19,20,23)/t12-,13-/m1/s1. The van der Waals surface area contributed by atoms with Crippen LogP contribution in [0, 0.1) is 22.0 Å². The third-order valence-electron chi connectivity index (χ3n) is 4.42. The topological polar surface area (TPSA) is 88.4 Å². The molecular weight excluding hydrogens is 352 g/mol. The molecule has 1 aliphatic rings. The summed E-state index contributed by atoms with van der Waals surface area (Å²) in [5.41, 5.74) is 1.08. The second-order valence-corrected chi connectivity index (χ2v) is 7.90. The summed E-state index contributed by atoms with van der Waals surface area (Å²) < 4.78 is 0. The lowest BCUT2D eigenvalue weighted by Crippen LogP contribution is -2.38. The van der Waals surface area contributed by atoms with Crippen molar-refractivity contribution < 1.29 is 9.72 Å². The molecule has 1 aromatic carbocycles. The highest BCUT2D eigenvalue weighted by Gasteiger charge is 2.22. The number of aromatic nitrogens is 1. The number of benzene rings is 1. The summed E-state index contributed by atoms with van der Waals surface area (Å²) in [6, 6.07) is 5.67. The molecule has 0 unspecified atom stereocenters. The largest absolute Gasteiger partial charge is 0.298 e. The van der Waals surface area contributed by atoms with Gasteiger partial charge < -0.3 is 0 Å². The summed E-state index contributed by atoms with van der Waals surface area (Å²) in [6.07, 6.45) is 1.26. The van der Waals surface area contributed by atoms with E-state index in [0.717, 1.165) is 25.3 Å². The zero-order chi connectivity index (χ0) is 18.7. The number of piperidine rings is 1. The molecule has 138 valence electrons. The monoisotopic (exact) mass is 374 g/mol. The summed E-state index contributed by atoms with van der Waals surface area (Å²) in [4.78, 5) is 29.5. The highest BCUT2D eigenvalue weighted by atomic mass is 32.1. The van der Waals surface area contributed by atoms with Crippen molar-refractivity contribution >= 4 is 28.1 Å². The second-order valence-electron chi connectivity index (χ2n) is 7.05. The highest BCUT2D eigenvalue weighted by Crippen LogP contribution is 2.24. The van der Waals surface area contributed by atoms with Crippen LogP contribution in [0.3, 0.4) is 0 Å². The minimum absolute atomic E-state index is 0.106. The number of nitro groups is 1. The Morgan fingerprint density at radius 1 is 1.38 bits per heavy atom. The summed E-state index contributed by atoms with van der Waals surface area (Å²) in [5.74, 6) is 0.977. The van der Waals surface area contributed by atoms with Gasteiger partial charge in [-0.25, -0.2) is 4.98 Å². The summed E-state index contributed by atoms with van der Waals surface area (Å²) in [6.45, 7) is 7.45. The van der Waals surface area contributed by atoms with Gasteiger partial charge in [0.2, 0.25) is 0 Å². The Bertz CT molecular complexity index is 797. The van der Waals surface area contributed by atoms with Crippen LogP contribution in [0.4, 0.5) is 10.8 Å². The molecule has 26 heavy (non-hydrogen) atoms. The van der Waals surface area contributed by atoms with Gasteiger partial charge in [0, 0.05) is 42.7 Å². The number of non-ortho nitro benzene ring substituents is 1. The van der Waals surface area contributed by atoms with Gasteiger partial charge in [-0.1, -0.05) is 19.9 Å². The molecule has 3 rings (SSSR count). The van der Waals surface area contributed by atoms with E-state index in [1.165, 1.54) is 36.0 Å². The fourth-order valence-electron chi connectivity index (χ4n) is 3.52. The molecule has 0 saturated carbocycles. The van der Waals surface area contributed by atoms with E-state index in [1.54, 1.807) is 6.07 Å². The van der Waals surface area contributed by atoms with E-state index in [4.69, 9.17) is 0 Å². The average molecular weight is 374 g/mol. The number of hydrogen-bond acceptors (Lipinski definition) is 6. The lowest BCUT2D eigenvalue weighted by molar-refractivity contribution is -0.384. The van der Waals surface area contributed by atoms with Crippen LogP contribution in [-0.4, -0.2) is 33.8 Å². The molecule has 1 aromatic heterocycles. The molecule has 7 nitrogen and oxygen atoms in total. The van der Waals surface area contributed by atoms with Crippen LogP contribution in [0.1, 0.15) is 36.3 Å². The van der Waals surface area contributed by atoms with E-state index in [9.17, 15) is 14.9 Å². The molecule has 2 aromatic rings. The third kappa shape index (κ3) is 4.64. The fraction of sp³-hybridized carbons (Fsp3) is 0.444. The smallest absolute Gasteiger partial charge is 0.270 e. The van der Waals surface area contributed by atoms with Crippen LogP contribution in [0.25, 0.3) is 0 Å². The third-order valence-corrected chi connectivity index (χ3v) is 5.23. The van der Waals surface area contributed by atoms with Gasteiger partial charge in [-0.15, -0.1) is 11.3 Å². The predicted octanol–water partition coefficient (Wildman–Crippen LogP) is 3.78. The van der Waals surface area contributed by atoms with Crippen LogP contribution in [0.15, 0.2) is 29.6 Å². The van der Waals surface area contributed by atoms with Gasteiger partial charge in [0.1, 0.15) is 0 Å². The number of amides is 1. The Labute approximate surface area is 156 Å². The normalized spacial score (nSPS) is 20.7. The molecule has 0 bridgehead atoms. The Balaban J connectivity index is 1.62. The SMILES string of the molecule is C[C@@H]1C[C@@H](C)CN(Cc2csc(NC(=O)c3cccc([N+](=O)[O-])c3)n2)C1. The van der Waals surface area contributed by atoms with Crippen LogP contribution in [-0.2, 0) is 6.54 Å². The van der Waals surface area contributed by atoms with Gasteiger partial charge >= 0.3 is 0 Å². The van der Waals surface area contributed by atoms with Crippen molar-refractivity contribution in [1.82, 2.24) is 9.88 Å². The van der Waals surface area contributed by atoms with Crippen LogP contribution < -0.4 is 5.32 Å². The predicted molar refractivity (Wildman–Crippen MR) is 101 cm³/mol. The van der Waals surface area contributed by atoms with E-state index < -0.39 is 10.8 Å².